The van der Waals surface area contributed by atoms with E-state index in [0.717, 1.165) is 33.3 Å². The standard InChI is InChI=1S/C34H37BrClN5O3S/c1-6-43-28-18-24(17-25(35)31(28)44-16-15-20(2)3)30-29(32(42)38-27-14-10-7-11-21(27)4)22(5)37-33-39-34(40-41(30)33)45-19-23-12-8-9-13-26(23)36/h7-14,17-18,20,30H,6,15-16,19H2,1-5H3,(H,38,42)(H,37,39,40). The van der Waals surface area contributed by atoms with Gasteiger partial charge in [-0.05, 0) is 90.0 Å². The average Bonchev–Trinajstić information content (AvgIpc) is 3.40. The zero-order chi connectivity index (χ0) is 32.1. The maximum absolute atomic E-state index is 14.1. The minimum absolute atomic E-state index is 0.239. The fraction of sp³-hybridized carbons (Fsp3) is 0.324. The highest BCUT2D eigenvalue weighted by atomic mass is 79.9. The molecule has 0 saturated carbocycles. The molecule has 1 atom stereocenters. The number of aromatic nitrogens is 3. The second kappa shape index (κ2) is 14.7. The topological polar surface area (TPSA) is 90.3 Å². The highest BCUT2D eigenvalue weighted by Crippen LogP contribution is 2.44. The predicted octanol–water partition coefficient (Wildman–Crippen LogP) is 9.05. The molecule has 0 aliphatic carbocycles. The first-order valence-corrected chi connectivity index (χ1v) is 17.1. The summed E-state index contributed by atoms with van der Waals surface area (Å²) in [5.74, 6) is 2.64. The van der Waals surface area contributed by atoms with Crippen LogP contribution in [-0.2, 0) is 10.5 Å². The third-order valence-electron chi connectivity index (χ3n) is 7.37. The number of allylic oxidation sites excluding steroid dienone is 1. The van der Waals surface area contributed by atoms with Gasteiger partial charge in [0.1, 0.15) is 6.04 Å². The lowest BCUT2D eigenvalue weighted by Gasteiger charge is -2.29. The van der Waals surface area contributed by atoms with Gasteiger partial charge in [-0.3, -0.25) is 4.79 Å². The van der Waals surface area contributed by atoms with Crippen molar-refractivity contribution >= 4 is 56.8 Å². The highest BCUT2D eigenvalue weighted by Gasteiger charge is 2.35. The molecule has 1 aliphatic heterocycles. The van der Waals surface area contributed by atoms with Gasteiger partial charge in [-0.15, -0.1) is 5.10 Å². The second-order valence-corrected chi connectivity index (χ2v) is 13.4. The van der Waals surface area contributed by atoms with Gasteiger partial charge < -0.3 is 20.1 Å². The number of carbonyl (C=O) groups is 1. The minimum Gasteiger partial charge on any atom is -0.490 e. The summed E-state index contributed by atoms with van der Waals surface area (Å²) in [5, 5.41) is 12.6. The minimum atomic E-state index is -0.604. The molecular weight excluding hydrogens is 674 g/mol. The molecule has 1 amide bonds. The number of aryl methyl sites for hydroxylation is 1. The Labute approximate surface area is 282 Å². The van der Waals surface area contributed by atoms with Crippen molar-refractivity contribution in [3.05, 3.63) is 98.1 Å². The Morgan fingerprint density at radius 2 is 1.89 bits per heavy atom. The van der Waals surface area contributed by atoms with Gasteiger partial charge in [0.2, 0.25) is 11.1 Å². The van der Waals surface area contributed by atoms with Gasteiger partial charge in [-0.2, -0.15) is 4.98 Å². The maximum Gasteiger partial charge on any atom is 0.255 e. The molecule has 4 aromatic rings. The molecule has 3 aromatic carbocycles. The molecule has 0 bridgehead atoms. The van der Waals surface area contributed by atoms with Crippen molar-refractivity contribution < 1.29 is 14.3 Å². The van der Waals surface area contributed by atoms with E-state index in [9.17, 15) is 4.79 Å². The average molecular weight is 711 g/mol. The number of amides is 1. The van der Waals surface area contributed by atoms with Crippen LogP contribution in [0.15, 0.2) is 81.6 Å². The number of nitrogens with one attached hydrogen (secondary N) is 2. The summed E-state index contributed by atoms with van der Waals surface area (Å²) in [5.41, 5.74) is 4.69. The second-order valence-electron chi connectivity index (χ2n) is 11.2. The molecule has 5 rings (SSSR count). The number of benzene rings is 3. The molecule has 0 saturated heterocycles. The summed E-state index contributed by atoms with van der Waals surface area (Å²) in [6, 6.07) is 18.7. The first-order valence-electron chi connectivity index (χ1n) is 14.9. The van der Waals surface area contributed by atoms with E-state index in [2.05, 4.69) is 40.4 Å². The molecule has 2 heterocycles. The Balaban J connectivity index is 1.56. The van der Waals surface area contributed by atoms with E-state index < -0.39 is 6.04 Å². The van der Waals surface area contributed by atoms with Gasteiger partial charge in [-0.25, -0.2) is 4.68 Å². The summed E-state index contributed by atoms with van der Waals surface area (Å²) in [6.45, 7) is 11.1. The van der Waals surface area contributed by atoms with Crippen LogP contribution in [0.2, 0.25) is 5.02 Å². The van der Waals surface area contributed by atoms with Crippen molar-refractivity contribution in [2.24, 2.45) is 5.92 Å². The van der Waals surface area contributed by atoms with Gasteiger partial charge in [0.15, 0.2) is 11.5 Å². The largest absolute Gasteiger partial charge is 0.490 e. The van der Waals surface area contributed by atoms with Crippen molar-refractivity contribution in [1.82, 2.24) is 14.8 Å². The third-order valence-corrected chi connectivity index (χ3v) is 9.22. The quantitative estimate of drug-likeness (QED) is 0.142. The van der Waals surface area contributed by atoms with Crippen molar-refractivity contribution in [2.75, 3.05) is 23.8 Å². The number of anilines is 2. The number of thioether (sulfide) groups is 1. The zero-order valence-electron chi connectivity index (χ0n) is 26.0. The van der Waals surface area contributed by atoms with Gasteiger partial charge in [0, 0.05) is 22.2 Å². The molecular formula is C34H37BrClN5O3S. The van der Waals surface area contributed by atoms with Gasteiger partial charge in [0.05, 0.1) is 23.3 Å². The Bertz CT molecular complexity index is 1720. The van der Waals surface area contributed by atoms with Crippen molar-refractivity contribution in [3.63, 3.8) is 0 Å². The lowest BCUT2D eigenvalue weighted by atomic mass is 9.94. The van der Waals surface area contributed by atoms with Crippen molar-refractivity contribution in [3.8, 4) is 11.5 Å². The van der Waals surface area contributed by atoms with Crippen LogP contribution in [0.3, 0.4) is 0 Å². The van der Waals surface area contributed by atoms with Crippen LogP contribution in [0, 0.1) is 12.8 Å². The monoisotopic (exact) mass is 709 g/mol. The summed E-state index contributed by atoms with van der Waals surface area (Å²) in [4.78, 5) is 18.9. The number of rotatable bonds is 12. The molecule has 236 valence electrons. The summed E-state index contributed by atoms with van der Waals surface area (Å²) in [6.07, 6.45) is 0.913. The number of ether oxygens (including phenoxy) is 2. The van der Waals surface area contributed by atoms with Gasteiger partial charge in [-0.1, -0.05) is 73.6 Å². The summed E-state index contributed by atoms with van der Waals surface area (Å²) < 4.78 is 14.8. The van der Waals surface area contributed by atoms with E-state index in [4.69, 9.17) is 31.2 Å². The van der Waals surface area contributed by atoms with Gasteiger partial charge >= 0.3 is 0 Å². The van der Waals surface area contributed by atoms with Crippen LogP contribution in [-0.4, -0.2) is 33.9 Å². The number of para-hydroxylation sites is 1. The Hall–Kier alpha value is -3.47. The first-order chi connectivity index (χ1) is 21.7. The maximum atomic E-state index is 14.1. The third kappa shape index (κ3) is 7.68. The van der Waals surface area contributed by atoms with Gasteiger partial charge in [0.25, 0.3) is 5.91 Å². The van der Waals surface area contributed by atoms with E-state index in [0.29, 0.717) is 63.8 Å². The molecule has 1 aliphatic rings. The van der Waals surface area contributed by atoms with E-state index in [1.807, 2.05) is 81.4 Å². The van der Waals surface area contributed by atoms with Crippen LogP contribution in [0.1, 0.15) is 56.8 Å². The smallest absolute Gasteiger partial charge is 0.255 e. The first kappa shape index (κ1) is 32.9. The summed E-state index contributed by atoms with van der Waals surface area (Å²) >= 11 is 11.6. The summed E-state index contributed by atoms with van der Waals surface area (Å²) in [7, 11) is 0. The van der Waals surface area contributed by atoms with Crippen molar-refractivity contribution in [2.45, 2.75) is 58.0 Å². The number of fused-ring (bicyclic) bond motifs is 1. The SMILES string of the molecule is CCOc1cc(C2C(C(=O)Nc3ccccc3C)=C(C)Nc3nc(SCc4ccccc4Cl)nn32)cc(Br)c1OCCC(C)C. The lowest BCUT2D eigenvalue weighted by molar-refractivity contribution is -0.113. The van der Waals surface area contributed by atoms with Crippen LogP contribution in [0.4, 0.5) is 11.6 Å². The molecule has 8 nitrogen and oxygen atoms in total. The number of halogens is 2. The molecule has 0 spiro atoms. The Morgan fingerprint density at radius 3 is 2.62 bits per heavy atom. The van der Waals surface area contributed by atoms with Crippen molar-refractivity contribution in [1.29, 1.82) is 0 Å². The predicted molar refractivity (Wildman–Crippen MR) is 186 cm³/mol. The normalized spacial score (nSPS) is 14.3. The Kier molecular flexibility index (Phi) is 10.8. The fourth-order valence-electron chi connectivity index (χ4n) is 5.00. The van der Waals surface area contributed by atoms with E-state index in [1.165, 1.54) is 11.8 Å². The molecule has 1 unspecified atom stereocenters. The van der Waals surface area contributed by atoms with Crippen LogP contribution in [0.25, 0.3) is 0 Å². The number of hydrogen-bond acceptors (Lipinski definition) is 7. The highest BCUT2D eigenvalue weighted by molar-refractivity contribution is 9.10. The zero-order valence-corrected chi connectivity index (χ0v) is 29.1. The molecule has 45 heavy (non-hydrogen) atoms. The van der Waals surface area contributed by atoms with Crippen LogP contribution in [0.5, 0.6) is 11.5 Å². The van der Waals surface area contributed by atoms with E-state index >= 15 is 0 Å². The number of carbonyl (C=O) groups excluding carboxylic acids is 1. The van der Waals surface area contributed by atoms with Crippen LogP contribution < -0.4 is 20.1 Å². The molecule has 2 N–H and O–H groups in total. The van der Waals surface area contributed by atoms with E-state index in [-0.39, 0.29) is 5.91 Å². The molecule has 0 radical (unpaired) electrons. The fourth-order valence-corrected chi connectivity index (χ4v) is 6.69. The molecule has 0 fully saturated rings. The van der Waals surface area contributed by atoms with E-state index in [1.54, 1.807) is 4.68 Å². The molecule has 11 heteroatoms. The molecule has 1 aromatic heterocycles. The van der Waals surface area contributed by atoms with Crippen LogP contribution >= 0.6 is 39.3 Å². The Morgan fingerprint density at radius 1 is 1.13 bits per heavy atom. The lowest BCUT2D eigenvalue weighted by Crippen LogP contribution is -2.31. The number of nitrogens with zero attached hydrogens (tertiary/aromatic N) is 3. The number of hydrogen-bond donors (Lipinski definition) is 2.